The van der Waals surface area contributed by atoms with Crippen LogP contribution in [-0.4, -0.2) is 74.4 Å². The zero-order valence-electron chi connectivity index (χ0n) is 17.2. The molecule has 9 nitrogen and oxygen atoms in total. The highest BCUT2D eigenvalue weighted by Crippen LogP contribution is 2.64. The van der Waals surface area contributed by atoms with E-state index in [2.05, 4.69) is 6.08 Å². The quantitative estimate of drug-likeness (QED) is 0.400. The first-order valence-corrected chi connectivity index (χ1v) is 11.1. The molecule has 2 aliphatic heterocycles. The van der Waals surface area contributed by atoms with E-state index in [-0.39, 0.29) is 17.1 Å². The number of aliphatic carboxylic acids is 1. The highest BCUT2D eigenvalue weighted by molar-refractivity contribution is 5.73. The minimum atomic E-state index is -1.79. The molecule has 0 unspecified atom stereocenters. The van der Waals surface area contributed by atoms with Crippen LogP contribution in [0.15, 0.2) is 24.3 Å². The lowest BCUT2D eigenvalue weighted by atomic mass is 9.50. The van der Waals surface area contributed by atoms with Gasteiger partial charge in [0.1, 0.15) is 30.5 Å². The van der Waals surface area contributed by atoms with Crippen LogP contribution in [0.5, 0.6) is 11.5 Å². The maximum atomic E-state index is 11.4. The Morgan fingerprint density at radius 3 is 2.69 bits per heavy atom. The number of aliphatic hydroxyl groups is 4. The molecule has 1 saturated carbocycles. The van der Waals surface area contributed by atoms with Crippen LogP contribution in [0.2, 0.25) is 0 Å². The molecule has 1 saturated heterocycles. The number of rotatable bonds is 3. The van der Waals surface area contributed by atoms with E-state index in [0.717, 1.165) is 36.8 Å². The SMILES string of the molecule is O=C(O)[C@H]1O[C@@H](Oc2ccc3c4c2O[C@H]2[C@@H](O)C=C[C@H]5[C@H](CCC[C@@]452)C3)[C@H](O)[C@@H](O)[C@@H]1O. The largest absolute Gasteiger partial charge is 0.482 e. The molecular weight excluding hydrogens is 420 g/mol. The van der Waals surface area contributed by atoms with E-state index in [1.54, 1.807) is 6.07 Å². The van der Waals surface area contributed by atoms with Gasteiger partial charge in [0, 0.05) is 11.0 Å². The molecule has 1 spiro atoms. The van der Waals surface area contributed by atoms with Gasteiger partial charge in [-0.25, -0.2) is 4.79 Å². The fourth-order valence-corrected chi connectivity index (χ4v) is 6.74. The number of hydrogen-bond acceptors (Lipinski definition) is 8. The van der Waals surface area contributed by atoms with Crippen molar-refractivity contribution in [2.45, 2.75) is 74.0 Å². The molecular formula is C23H26O9. The fraction of sp³-hybridized carbons (Fsp3) is 0.609. The summed E-state index contributed by atoms with van der Waals surface area (Å²) < 4.78 is 17.5. The summed E-state index contributed by atoms with van der Waals surface area (Å²) in [4.78, 5) is 11.4. The number of carboxylic acids is 1. The van der Waals surface area contributed by atoms with Gasteiger partial charge in [-0.15, -0.1) is 0 Å². The van der Waals surface area contributed by atoms with Crippen molar-refractivity contribution in [3.05, 3.63) is 35.4 Å². The zero-order valence-corrected chi connectivity index (χ0v) is 17.2. The summed E-state index contributed by atoms with van der Waals surface area (Å²) in [5, 5.41) is 50.5. The number of aliphatic hydroxyl groups excluding tert-OH is 4. The van der Waals surface area contributed by atoms with Gasteiger partial charge in [-0.1, -0.05) is 24.6 Å². The topological polar surface area (TPSA) is 146 Å². The lowest BCUT2D eigenvalue weighted by molar-refractivity contribution is -0.271. The van der Waals surface area contributed by atoms with Crippen molar-refractivity contribution >= 4 is 5.97 Å². The second kappa shape index (κ2) is 6.91. The van der Waals surface area contributed by atoms with Gasteiger partial charge in [0.2, 0.25) is 6.29 Å². The number of ether oxygens (including phenoxy) is 3. The van der Waals surface area contributed by atoms with Gasteiger partial charge in [0.15, 0.2) is 17.6 Å². The molecule has 0 radical (unpaired) electrons. The van der Waals surface area contributed by atoms with E-state index in [1.165, 1.54) is 0 Å². The Hall–Kier alpha value is -2.17. The van der Waals surface area contributed by atoms with E-state index < -0.39 is 48.9 Å². The number of carbonyl (C=O) groups is 1. The second-order valence-corrected chi connectivity index (χ2v) is 9.62. The summed E-state index contributed by atoms with van der Waals surface area (Å²) in [5.74, 6) is 0.000415. The first kappa shape index (κ1) is 20.4. The predicted octanol–water partition coefficient (Wildman–Crippen LogP) is -0.141. The minimum absolute atomic E-state index is 0.249. The maximum absolute atomic E-state index is 11.4. The van der Waals surface area contributed by atoms with Gasteiger partial charge in [-0.05, 0) is 42.7 Å². The molecule has 5 N–H and O–H groups in total. The number of benzene rings is 1. The van der Waals surface area contributed by atoms with Gasteiger partial charge >= 0.3 is 5.97 Å². The van der Waals surface area contributed by atoms with Crippen LogP contribution in [-0.2, 0) is 21.4 Å². The minimum Gasteiger partial charge on any atom is -0.482 e. The molecule has 172 valence electrons. The third-order valence-corrected chi connectivity index (χ3v) is 8.06. The third-order valence-electron chi connectivity index (χ3n) is 8.06. The summed E-state index contributed by atoms with van der Waals surface area (Å²) in [7, 11) is 0. The van der Waals surface area contributed by atoms with Crippen molar-refractivity contribution < 1.29 is 44.5 Å². The monoisotopic (exact) mass is 446 g/mol. The van der Waals surface area contributed by atoms with Gasteiger partial charge < -0.3 is 39.7 Å². The molecule has 3 aliphatic carbocycles. The number of allylic oxidation sites excluding steroid dienone is 1. The van der Waals surface area contributed by atoms with Crippen LogP contribution < -0.4 is 9.47 Å². The molecule has 0 aromatic heterocycles. The van der Waals surface area contributed by atoms with Crippen LogP contribution in [0.25, 0.3) is 0 Å². The molecule has 10 atom stereocenters. The average molecular weight is 446 g/mol. The highest BCUT2D eigenvalue weighted by Gasteiger charge is 2.63. The van der Waals surface area contributed by atoms with E-state index >= 15 is 0 Å². The molecule has 2 heterocycles. The average Bonchev–Trinajstić information content (AvgIpc) is 3.11. The first-order valence-electron chi connectivity index (χ1n) is 11.1. The fourth-order valence-electron chi connectivity index (χ4n) is 6.74. The zero-order chi connectivity index (χ0) is 22.4. The molecule has 5 aliphatic rings. The van der Waals surface area contributed by atoms with Crippen LogP contribution >= 0.6 is 0 Å². The van der Waals surface area contributed by atoms with Crippen molar-refractivity contribution in [3.8, 4) is 11.5 Å². The van der Waals surface area contributed by atoms with E-state index in [1.807, 2.05) is 12.1 Å². The summed E-state index contributed by atoms with van der Waals surface area (Å²) in [6.45, 7) is 0. The standard InChI is InChI=1S/C23H26O9/c24-12-5-4-11-9-2-1-7-23(11)14-10(8-9)3-6-13(18(14)31-20(12)23)30-22-17(27)15(25)16(26)19(32-22)21(28)29/h3-6,9,11-12,15-17,19-20,22,24-27H,1-2,7-8H2,(H,28,29)/t9-,11+,12+,15+,16+,17-,19+,20+,22-,23+/m1/s1. The Bertz CT molecular complexity index is 992. The molecule has 1 aromatic carbocycles. The third kappa shape index (κ3) is 2.54. The van der Waals surface area contributed by atoms with Gasteiger partial charge in [-0.2, -0.15) is 0 Å². The summed E-state index contributed by atoms with van der Waals surface area (Å²) in [6.07, 6.45) is -1.78. The second-order valence-electron chi connectivity index (χ2n) is 9.62. The normalized spacial score (nSPS) is 45.7. The van der Waals surface area contributed by atoms with Crippen molar-refractivity contribution in [3.63, 3.8) is 0 Å². The van der Waals surface area contributed by atoms with E-state index in [0.29, 0.717) is 11.7 Å². The van der Waals surface area contributed by atoms with Gasteiger partial charge in [0.25, 0.3) is 0 Å². The molecule has 2 bridgehead atoms. The van der Waals surface area contributed by atoms with Gasteiger partial charge in [0.05, 0.1) is 0 Å². The number of carboxylic acid groups (broad SMARTS) is 1. The molecule has 1 aromatic rings. The predicted molar refractivity (Wildman–Crippen MR) is 107 cm³/mol. The Balaban J connectivity index is 1.40. The smallest absolute Gasteiger partial charge is 0.335 e. The van der Waals surface area contributed by atoms with Crippen LogP contribution in [0.1, 0.15) is 30.4 Å². The van der Waals surface area contributed by atoms with Crippen LogP contribution in [0.4, 0.5) is 0 Å². The highest BCUT2D eigenvalue weighted by atomic mass is 16.7. The van der Waals surface area contributed by atoms with Crippen LogP contribution in [0.3, 0.4) is 0 Å². The lowest BCUT2D eigenvalue weighted by Gasteiger charge is -2.53. The summed E-state index contributed by atoms with van der Waals surface area (Å²) >= 11 is 0. The maximum Gasteiger partial charge on any atom is 0.335 e. The van der Waals surface area contributed by atoms with Crippen LogP contribution in [0, 0.1) is 11.8 Å². The Labute approximate surface area is 183 Å². The summed E-state index contributed by atoms with van der Waals surface area (Å²) in [5.41, 5.74) is 1.83. The van der Waals surface area contributed by atoms with Crippen molar-refractivity contribution in [1.82, 2.24) is 0 Å². The molecule has 6 rings (SSSR count). The van der Waals surface area contributed by atoms with E-state index in [9.17, 15) is 30.3 Å². The molecule has 0 amide bonds. The molecule has 32 heavy (non-hydrogen) atoms. The van der Waals surface area contributed by atoms with Crippen molar-refractivity contribution in [2.24, 2.45) is 11.8 Å². The first-order chi connectivity index (χ1) is 15.3. The summed E-state index contributed by atoms with van der Waals surface area (Å²) in [6, 6.07) is 3.65. The Kier molecular flexibility index (Phi) is 4.42. The van der Waals surface area contributed by atoms with Crippen molar-refractivity contribution in [2.75, 3.05) is 0 Å². The lowest BCUT2D eigenvalue weighted by Crippen LogP contribution is -2.61. The Morgan fingerprint density at radius 2 is 1.91 bits per heavy atom. The Morgan fingerprint density at radius 1 is 1.09 bits per heavy atom. The molecule has 2 fully saturated rings. The molecule has 9 heteroatoms. The van der Waals surface area contributed by atoms with E-state index in [4.69, 9.17) is 14.2 Å². The van der Waals surface area contributed by atoms with Gasteiger partial charge in [-0.3, -0.25) is 0 Å². The van der Waals surface area contributed by atoms with Crippen molar-refractivity contribution in [1.29, 1.82) is 0 Å². The number of hydrogen-bond donors (Lipinski definition) is 5.